The van der Waals surface area contributed by atoms with Gasteiger partial charge in [-0.05, 0) is 37.7 Å². The molecule has 1 aliphatic rings. The van der Waals surface area contributed by atoms with Gasteiger partial charge in [-0.15, -0.1) is 11.6 Å². The van der Waals surface area contributed by atoms with Crippen LogP contribution in [0.4, 0.5) is 0 Å². The minimum Gasteiger partial charge on any atom is -0.295 e. The Balaban J connectivity index is 2.92. The number of alkyl halides is 1. The monoisotopic (exact) mass is 254 g/mol. The van der Waals surface area contributed by atoms with E-state index in [9.17, 15) is 4.79 Å². The second kappa shape index (κ2) is 5.86. The van der Waals surface area contributed by atoms with Gasteiger partial charge in [0.15, 0.2) is 5.78 Å². The van der Waals surface area contributed by atoms with Crippen molar-refractivity contribution in [2.75, 3.05) is 0 Å². The Morgan fingerprint density at radius 3 is 2.71 bits per heavy atom. The molecule has 0 aliphatic heterocycles. The minimum absolute atomic E-state index is 0.0444. The van der Waals surface area contributed by atoms with Crippen molar-refractivity contribution < 1.29 is 4.79 Å². The third-order valence-electron chi connectivity index (χ3n) is 3.48. The van der Waals surface area contributed by atoms with Crippen molar-refractivity contribution in [3.8, 4) is 0 Å². The molecule has 0 saturated carbocycles. The molecule has 1 rings (SSSR count). The van der Waals surface area contributed by atoms with E-state index >= 15 is 0 Å². The van der Waals surface area contributed by atoms with E-state index in [2.05, 4.69) is 26.8 Å². The molecule has 0 amide bonds. The molecular weight excluding hydrogens is 232 g/mol. The molecule has 2 heteroatoms. The molecule has 0 unspecified atom stereocenters. The van der Waals surface area contributed by atoms with Gasteiger partial charge >= 0.3 is 0 Å². The van der Waals surface area contributed by atoms with E-state index in [1.807, 2.05) is 13.0 Å². The topological polar surface area (TPSA) is 17.1 Å². The molecule has 0 bridgehead atoms. The molecule has 0 heterocycles. The summed E-state index contributed by atoms with van der Waals surface area (Å²) in [7, 11) is 0. The van der Waals surface area contributed by atoms with Crippen LogP contribution in [0.3, 0.4) is 0 Å². The van der Waals surface area contributed by atoms with E-state index in [4.69, 9.17) is 11.6 Å². The van der Waals surface area contributed by atoms with Gasteiger partial charge < -0.3 is 0 Å². The third kappa shape index (κ3) is 4.67. The number of hydrogen-bond donors (Lipinski definition) is 0. The molecule has 17 heavy (non-hydrogen) atoms. The average Bonchev–Trinajstić information content (AvgIpc) is 2.29. The molecule has 0 aromatic heterocycles. The molecule has 0 spiro atoms. The maximum absolute atomic E-state index is 11.9. The van der Waals surface area contributed by atoms with E-state index in [1.165, 1.54) is 5.57 Å². The Bertz CT molecular complexity index is 339. The first-order valence-electron chi connectivity index (χ1n) is 6.34. The highest BCUT2D eigenvalue weighted by molar-refractivity contribution is 6.22. The van der Waals surface area contributed by atoms with Crippen molar-refractivity contribution in [3.63, 3.8) is 0 Å². The molecule has 1 aliphatic carbocycles. The number of halogens is 1. The smallest absolute Gasteiger partial charge is 0.159 e. The Hall–Kier alpha value is -0.560. The van der Waals surface area contributed by atoms with Crippen LogP contribution in [0.1, 0.15) is 47.0 Å². The predicted molar refractivity (Wildman–Crippen MR) is 74.3 cm³/mol. The van der Waals surface area contributed by atoms with Crippen LogP contribution < -0.4 is 0 Å². The fourth-order valence-electron chi connectivity index (χ4n) is 1.86. The van der Waals surface area contributed by atoms with Crippen LogP contribution in [0.15, 0.2) is 23.8 Å². The van der Waals surface area contributed by atoms with Crippen LogP contribution in [0.5, 0.6) is 0 Å². The van der Waals surface area contributed by atoms with Crippen LogP contribution in [0.25, 0.3) is 0 Å². The SMILES string of the molecule is C/C1=C\CC(C)(C)/C=C/C(=O)[C@@H](C)[C@@H](Cl)CC1. The van der Waals surface area contributed by atoms with Crippen LogP contribution in [0, 0.1) is 11.3 Å². The van der Waals surface area contributed by atoms with Crippen molar-refractivity contribution in [1.82, 2.24) is 0 Å². The number of hydrogen-bond acceptors (Lipinski definition) is 1. The van der Waals surface area contributed by atoms with Gasteiger partial charge in [0.1, 0.15) is 0 Å². The fraction of sp³-hybridized carbons (Fsp3) is 0.667. The zero-order chi connectivity index (χ0) is 13.1. The standard InChI is InChI=1S/C15H23ClO/c1-11-5-6-13(16)12(2)14(17)8-10-15(3,4)9-7-11/h7-8,10,12-13H,5-6,9H2,1-4H3/b10-8+,11-7+/t12-,13-/m0/s1. The largest absolute Gasteiger partial charge is 0.295 e. The Kier molecular flexibility index (Phi) is 5.00. The van der Waals surface area contributed by atoms with E-state index in [0.717, 1.165) is 19.3 Å². The zero-order valence-electron chi connectivity index (χ0n) is 11.3. The summed E-state index contributed by atoms with van der Waals surface area (Å²) in [5.74, 6) is 0.0623. The fourth-order valence-corrected chi connectivity index (χ4v) is 2.09. The molecule has 96 valence electrons. The molecule has 0 aromatic carbocycles. The van der Waals surface area contributed by atoms with E-state index in [0.29, 0.717) is 0 Å². The van der Waals surface area contributed by atoms with Gasteiger partial charge in [0, 0.05) is 11.3 Å². The molecule has 0 aromatic rings. The summed E-state index contributed by atoms with van der Waals surface area (Å²) >= 11 is 6.27. The van der Waals surface area contributed by atoms with Gasteiger partial charge in [-0.3, -0.25) is 4.79 Å². The molecular formula is C15H23ClO. The van der Waals surface area contributed by atoms with Crippen molar-refractivity contribution in [2.45, 2.75) is 52.3 Å². The zero-order valence-corrected chi connectivity index (χ0v) is 12.1. The van der Waals surface area contributed by atoms with E-state index < -0.39 is 0 Å². The molecule has 0 radical (unpaired) electrons. The molecule has 1 nitrogen and oxygen atoms in total. The van der Waals surface area contributed by atoms with Crippen molar-refractivity contribution in [3.05, 3.63) is 23.8 Å². The number of carbonyl (C=O) groups is 1. The van der Waals surface area contributed by atoms with Crippen LogP contribution in [-0.4, -0.2) is 11.2 Å². The first-order valence-corrected chi connectivity index (χ1v) is 6.78. The molecule has 0 fully saturated rings. The lowest BCUT2D eigenvalue weighted by Gasteiger charge is -2.18. The summed E-state index contributed by atoms with van der Waals surface area (Å²) in [6.45, 7) is 8.38. The molecule has 0 N–H and O–H groups in total. The van der Waals surface area contributed by atoms with Crippen LogP contribution >= 0.6 is 11.6 Å². The second-order valence-corrected chi connectivity index (χ2v) is 6.38. The number of allylic oxidation sites excluding steroid dienone is 4. The summed E-state index contributed by atoms with van der Waals surface area (Å²) in [4.78, 5) is 11.9. The van der Waals surface area contributed by atoms with Crippen molar-refractivity contribution in [2.24, 2.45) is 11.3 Å². The van der Waals surface area contributed by atoms with Gasteiger partial charge in [-0.2, -0.15) is 0 Å². The lowest BCUT2D eigenvalue weighted by Crippen LogP contribution is -2.20. The normalized spacial score (nSPS) is 35.6. The van der Waals surface area contributed by atoms with Crippen molar-refractivity contribution in [1.29, 1.82) is 0 Å². The Morgan fingerprint density at radius 2 is 2.06 bits per heavy atom. The first kappa shape index (κ1) is 14.5. The average molecular weight is 255 g/mol. The summed E-state index contributed by atoms with van der Waals surface area (Å²) < 4.78 is 0. The minimum atomic E-state index is -0.0883. The van der Waals surface area contributed by atoms with E-state index in [-0.39, 0.29) is 22.5 Å². The quantitative estimate of drug-likeness (QED) is 0.459. The molecule has 0 saturated heterocycles. The lowest BCUT2D eigenvalue weighted by atomic mass is 9.87. The van der Waals surface area contributed by atoms with Crippen molar-refractivity contribution >= 4 is 17.4 Å². The van der Waals surface area contributed by atoms with Crippen LogP contribution in [-0.2, 0) is 4.79 Å². The lowest BCUT2D eigenvalue weighted by molar-refractivity contribution is -0.117. The first-order chi connectivity index (χ1) is 7.82. The van der Waals surface area contributed by atoms with Gasteiger partial charge in [0.2, 0.25) is 0 Å². The Morgan fingerprint density at radius 1 is 1.41 bits per heavy atom. The summed E-state index contributed by atoms with van der Waals surface area (Å²) in [6.07, 6.45) is 8.85. The highest BCUT2D eigenvalue weighted by Gasteiger charge is 2.22. The number of rotatable bonds is 0. The van der Waals surface area contributed by atoms with Gasteiger partial charge in [-0.25, -0.2) is 0 Å². The summed E-state index contributed by atoms with van der Waals surface area (Å²) in [5, 5.41) is -0.0586. The maximum atomic E-state index is 11.9. The third-order valence-corrected chi connectivity index (χ3v) is 4.08. The number of ketones is 1. The highest BCUT2D eigenvalue weighted by Crippen LogP contribution is 2.27. The number of carbonyl (C=O) groups excluding carboxylic acids is 1. The molecule has 2 atom stereocenters. The second-order valence-electron chi connectivity index (χ2n) is 5.82. The predicted octanol–water partition coefficient (Wildman–Crippen LogP) is 4.51. The van der Waals surface area contributed by atoms with Gasteiger partial charge in [0.25, 0.3) is 0 Å². The van der Waals surface area contributed by atoms with Gasteiger partial charge in [-0.1, -0.05) is 38.5 Å². The van der Waals surface area contributed by atoms with Gasteiger partial charge in [0.05, 0.1) is 0 Å². The summed E-state index contributed by atoms with van der Waals surface area (Å²) in [5.41, 5.74) is 1.42. The Labute approximate surface area is 110 Å². The summed E-state index contributed by atoms with van der Waals surface area (Å²) in [6, 6.07) is 0. The van der Waals surface area contributed by atoms with Crippen LogP contribution in [0.2, 0.25) is 0 Å². The highest BCUT2D eigenvalue weighted by atomic mass is 35.5. The van der Waals surface area contributed by atoms with E-state index in [1.54, 1.807) is 6.08 Å². The maximum Gasteiger partial charge on any atom is 0.159 e.